The molecule has 0 saturated heterocycles. The molecule has 0 saturated carbocycles. The van der Waals surface area contributed by atoms with E-state index in [9.17, 15) is 9.59 Å². The van der Waals surface area contributed by atoms with Crippen molar-refractivity contribution in [1.29, 1.82) is 0 Å². The summed E-state index contributed by atoms with van der Waals surface area (Å²) >= 11 is 0. The number of benzene rings is 1. The van der Waals surface area contributed by atoms with E-state index in [4.69, 9.17) is 0 Å². The van der Waals surface area contributed by atoms with E-state index in [1.54, 1.807) is 12.3 Å². The van der Waals surface area contributed by atoms with Gasteiger partial charge in [-0.1, -0.05) is 24.3 Å². The highest BCUT2D eigenvalue weighted by molar-refractivity contribution is 5.93. The van der Waals surface area contributed by atoms with Gasteiger partial charge in [0.15, 0.2) is 0 Å². The number of carbonyl (C=O) groups excluding carboxylic acids is 2. The summed E-state index contributed by atoms with van der Waals surface area (Å²) in [7, 11) is 0. The molecule has 0 aliphatic carbocycles. The van der Waals surface area contributed by atoms with Crippen LogP contribution in [-0.4, -0.2) is 34.8 Å². The molecule has 2 aromatic rings. The van der Waals surface area contributed by atoms with Gasteiger partial charge < -0.3 is 10.2 Å². The first-order valence-corrected chi connectivity index (χ1v) is 9.01. The van der Waals surface area contributed by atoms with E-state index >= 15 is 0 Å². The highest BCUT2D eigenvalue weighted by Crippen LogP contribution is 2.21. The average molecular weight is 347 g/mol. The predicted octanol–water partition coefficient (Wildman–Crippen LogP) is 2.61. The molecular weight excluding hydrogens is 326 g/mol. The van der Waals surface area contributed by atoms with Crippen LogP contribution in [0.1, 0.15) is 28.7 Å². The van der Waals surface area contributed by atoms with Crippen molar-refractivity contribution in [3.63, 3.8) is 0 Å². The van der Waals surface area contributed by atoms with E-state index in [0.717, 1.165) is 37.1 Å². The number of anilines is 1. The first kappa shape index (κ1) is 16.5. The number of pyridine rings is 1. The number of aryl methyl sites for hydroxylation is 1. The molecule has 1 aromatic carbocycles. The van der Waals surface area contributed by atoms with Crippen molar-refractivity contribution in [1.82, 2.24) is 9.88 Å². The van der Waals surface area contributed by atoms with Crippen LogP contribution in [0, 0.1) is 0 Å². The lowest BCUT2D eigenvalue weighted by Crippen LogP contribution is -2.31. The van der Waals surface area contributed by atoms with E-state index in [0.29, 0.717) is 18.7 Å². The molecule has 2 aliphatic heterocycles. The van der Waals surface area contributed by atoms with Gasteiger partial charge in [0.2, 0.25) is 11.8 Å². The van der Waals surface area contributed by atoms with Gasteiger partial charge in [0.05, 0.1) is 0 Å². The van der Waals surface area contributed by atoms with Crippen molar-refractivity contribution in [3.8, 4) is 0 Å². The Labute approximate surface area is 152 Å². The van der Waals surface area contributed by atoms with Gasteiger partial charge in [-0.05, 0) is 53.7 Å². The van der Waals surface area contributed by atoms with Crippen molar-refractivity contribution < 1.29 is 9.59 Å². The molecule has 0 atom stereocenters. The third-order valence-electron chi connectivity index (χ3n) is 5.02. The van der Waals surface area contributed by atoms with Crippen molar-refractivity contribution in [2.45, 2.75) is 25.7 Å². The number of fused-ring (bicyclic) bond motifs is 2. The Morgan fingerprint density at radius 3 is 2.50 bits per heavy atom. The molecule has 2 amide bonds. The normalized spacial score (nSPS) is 16.6. The first-order chi connectivity index (χ1) is 12.7. The topological polar surface area (TPSA) is 62.3 Å². The van der Waals surface area contributed by atoms with Crippen LogP contribution < -0.4 is 5.32 Å². The van der Waals surface area contributed by atoms with E-state index in [-0.39, 0.29) is 11.8 Å². The number of amides is 2. The van der Waals surface area contributed by atoms with Gasteiger partial charge in [0.25, 0.3) is 0 Å². The lowest BCUT2D eigenvalue weighted by atomic mass is 10.0. The van der Waals surface area contributed by atoms with Crippen LogP contribution in [0.3, 0.4) is 0 Å². The number of carbonyl (C=O) groups is 2. The minimum atomic E-state index is 0.00521. The van der Waals surface area contributed by atoms with Gasteiger partial charge in [-0.3, -0.25) is 9.59 Å². The van der Waals surface area contributed by atoms with Crippen LogP contribution in [0.5, 0.6) is 0 Å². The zero-order valence-electron chi connectivity index (χ0n) is 14.6. The SMILES string of the molecule is O=C1CCc2cc(C=CC(=O)N3CCc4ccccc4CC3)cnc2N1. The molecule has 4 rings (SSSR count). The maximum Gasteiger partial charge on any atom is 0.246 e. The summed E-state index contributed by atoms with van der Waals surface area (Å²) in [5.74, 6) is 0.671. The van der Waals surface area contributed by atoms with Gasteiger partial charge in [-0.25, -0.2) is 4.98 Å². The fourth-order valence-electron chi connectivity index (χ4n) is 3.53. The first-order valence-electron chi connectivity index (χ1n) is 9.01. The molecule has 5 heteroatoms. The Morgan fingerprint density at radius 2 is 1.77 bits per heavy atom. The fraction of sp³-hybridized carbons (Fsp3) is 0.286. The summed E-state index contributed by atoms with van der Waals surface area (Å²) in [5, 5.41) is 2.77. The van der Waals surface area contributed by atoms with E-state index in [1.165, 1.54) is 11.1 Å². The third kappa shape index (κ3) is 3.52. The highest BCUT2D eigenvalue weighted by Gasteiger charge is 2.17. The average Bonchev–Trinajstić information content (AvgIpc) is 2.89. The summed E-state index contributed by atoms with van der Waals surface area (Å²) in [6, 6.07) is 10.4. The number of hydrogen-bond acceptors (Lipinski definition) is 3. The maximum atomic E-state index is 12.6. The van der Waals surface area contributed by atoms with Crippen LogP contribution >= 0.6 is 0 Å². The molecule has 26 heavy (non-hydrogen) atoms. The second-order valence-corrected chi connectivity index (χ2v) is 6.75. The molecule has 0 bridgehead atoms. The number of rotatable bonds is 2. The Bertz CT molecular complexity index is 862. The second-order valence-electron chi connectivity index (χ2n) is 6.75. The van der Waals surface area contributed by atoms with Crippen LogP contribution in [0.15, 0.2) is 42.6 Å². The molecule has 3 heterocycles. The number of nitrogens with zero attached hydrogens (tertiary/aromatic N) is 2. The number of aromatic nitrogens is 1. The molecule has 0 radical (unpaired) electrons. The Balaban J connectivity index is 1.43. The fourth-order valence-corrected chi connectivity index (χ4v) is 3.53. The highest BCUT2D eigenvalue weighted by atomic mass is 16.2. The third-order valence-corrected chi connectivity index (χ3v) is 5.02. The van der Waals surface area contributed by atoms with Crippen molar-refractivity contribution in [2.24, 2.45) is 0 Å². The molecule has 0 fully saturated rings. The molecule has 1 N–H and O–H groups in total. The lowest BCUT2D eigenvalue weighted by Gasteiger charge is -2.18. The standard InChI is InChI=1S/C21H21N3O2/c25-19-7-6-18-13-15(14-22-21(18)23-19)5-8-20(26)24-11-9-16-3-1-2-4-17(16)10-12-24/h1-5,8,13-14H,6-7,9-12H2,(H,22,23,25). The Morgan fingerprint density at radius 1 is 1.04 bits per heavy atom. The molecular formula is C21H21N3O2. The van der Waals surface area contributed by atoms with Crippen LogP contribution in [0.2, 0.25) is 0 Å². The van der Waals surface area contributed by atoms with Crippen molar-refractivity contribution >= 4 is 23.7 Å². The molecule has 132 valence electrons. The zero-order chi connectivity index (χ0) is 17.9. The van der Waals surface area contributed by atoms with E-state index in [2.05, 4.69) is 34.6 Å². The van der Waals surface area contributed by atoms with Gasteiger partial charge in [-0.2, -0.15) is 0 Å². The molecule has 5 nitrogen and oxygen atoms in total. The smallest absolute Gasteiger partial charge is 0.246 e. The zero-order valence-corrected chi connectivity index (χ0v) is 14.6. The molecule has 0 unspecified atom stereocenters. The minimum absolute atomic E-state index is 0.00521. The van der Waals surface area contributed by atoms with E-state index in [1.807, 2.05) is 17.0 Å². The van der Waals surface area contributed by atoms with Crippen molar-refractivity contribution in [3.05, 3.63) is 64.9 Å². The van der Waals surface area contributed by atoms with Gasteiger partial charge in [0, 0.05) is 31.8 Å². The van der Waals surface area contributed by atoms with Gasteiger partial charge >= 0.3 is 0 Å². The maximum absolute atomic E-state index is 12.6. The second kappa shape index (κ2) is 7.12. The minimum Gasteiger partial charge on any atom is -0.338 e. The summed E-state index contributed by atoms with van der Waals surface area (Å²) in [6.45, 7) is 1.49. The lowest BCUT2D eigenvalue weighted by molar-refractivity contribution is -0.125. The molecule has 1 aromatic heterocycles. The van der Waals surface area contributed by atoms with Crippen molar-refractivity contribution in [2.75, 3.05) is 18.4 Å². The van der Waals surface area contributed by atoms with Crippen LogP contribution in [0.4, 0.5) is 5.82 Å². The number of nitrogens with one attached hydrogen (secondary N) is 1. The summed E-state index contributed by atoms with van der Waals surface area (Å²) in [6.07, 6.45) is 8.09. The predicted molar refractivity (Wildman–Crippen MR) is 101 cm³/mol. The monoisotopic (exact) mass is 347 g/mol. The molecule has 2 aliphatic rings. The van der Waals surface area contributed by atoms with Gasteiger partial charge in [-0.15, -0.1) is 0 Å². The summed E-state index contributed by atoms with van der Waals surface area (Å²) < 4.78 is 0. The van der Waals surface area contributed by atoms with Crippen LogP contribution in [-0.2, 0) is 28.9 Å². The Hall–Kier alpha value is -2.95. The van der Waals surface area contributed by atoms with Gasteiger partial charge in [0.1, 0.15) is 5.82 Å². The summed E-state index contributed by atoms with van der Waals surface area (Å²) in [4.78, 5) is 30.2. The van der Waals surface area contributed by atoms with Crippen LogP contribution in [0.25, 0.3) is 6.08 Å². The molecule has 0 spiro atoms. The Kier molecular flexibility index (Phi) is 4.52. The summed E-state index contributed by atoms with van der Waals surface area (Å²) in [5.41, 5.74) is 4.58. The largest absolute Gasteiger partial charge is 0.338 e. The van der Waals surface area contributed by atoms with E-state index < -0.39 is 0 Å². The quantitative estimate of drug-likeness (QED) is 0.850. The number of hydrogen-bond donors (Lipinski definition) is 1.